The SMILES string of the molecule is COc1cc(F)ccc1-c1ccc(N)c2ccccc12. The lowest BCUT2D eigenvalue weighted by Gasteiger charge is -2.12. The minimum atomic E-state index is -0.314. The number of fused-ring (bicyclic) bond motifs is 1. The predicted octanol–water partition coefficient (Wildman–Crippen LogP) is 4.24. The van der Waals surface area contributed by atoms with Crippen molar-refractivity contribution in [2.45, 2.75) is 0 Å². The third kappa shape index (κ3) is 1.97. The molecule has 3 rings (SSSR count). The fourth-order valence-corrected chi connectivity index (χ4v) is 2.44. The van der Waals surface area contributed by atoms with Gasteiger partial charge in [-0.1, -0.05) is 30.3 Å². The zero-order chi connectivity index (χ0) is 14.1. The molecule has 3 heteroatoms. The van der Waals surface area contributed by atoms with E-state index in [-0.39, 0.29) is 5.82 Å². The second-order valence-corrected chi connectivity index (χ2v) is 4.59. The van der Waals surface area contributed by atoms with Crippen molar-refractivity contribution in [3.8, 4) is 16.9 Å². The first-order valence-electron chi connectivity index (χ1n) is 6.32. The molecule has 0 atom stereocenters. The minimum Gasteiger partial charge on any atom is -0.496 e. The van der Waals surface area contributed by atoms with Gasteiger partial charge in [-0.15, -0.1) is 0 Å². The molecule has 0 aliphatic rings. The van der Waals surface area contributed by atoms with E-state index in [0.29, 0.717) is 5.75 Å². The van der Waals surface area contributed by atoms with Crippen LogP contribution in [0.2, 0.25) is 0 Å². The molecule has 3 aromatic carbocycles. The number of nitrogens with two attached hydrogens (primary N) is 1. The summed E-state index contributed by atoms with van der Waals surface area (Å²) < 4.78 is 18.6. The van der Waals surface area contributed by atoms with Crippen LogP contribution < -0.4 is 10.5 Å². The highest BCUT2D eigenvalue weighted by atomic mass is 19.1. The maximum atomic E-state index is 13.3. The molecular weight excluding hydrogens is 253 g/mol. The maximum Gasteiger partial charge on any atom is 0.129 e. The molecule has 3 aromatic rings. The molecule has 0 aliphatic heterocycles. The second kappa shape index (κ2) is 4.85. The van der Waals surface area contributed by atoms with Crippen molar-refractivity contribution in [2.24, 2.45) is 0 Å². The number of hydrogen-bond acceptors (Lipinski definition) is 2. The first-order valence-corrected chi connectivity index (χ1v) is 6.32. The summed E-state index contributed by atoms with van der Waals surface area (Å²) in [6.45, 7) is 0. The smallest absolute Gasteiger partial charge is 0.129 e. The Kier molecular flexibility index (Phi) is 3.03. The molecule has 0 saturated carbocycles. The second-order valence-electron chi connectivity index (χ2n) is 4.59. The van der Waals surface area contributed by atoms with Crippen LogP contribution in [0.15, 0.2) is 54.6 Å². The molecule has 0 unspecified atom stereocenters. The Morgan fingerprint density at radius 3 is 2.35 bits per heavy atom. The van der Waals surface area contributed by atoms with Crippen LogP contribution >= 0.6 is 0 Å². The molecule has 0 saturated heterocycles. The Morgan fingerprint density at radius 2 is 1.60 bits per heavy atom. The van der Waals surface area contributed by atoms with Gasteiger partial charge in [0.2, 0.25) is 0 Å². The lowest BCUT2D eigenvalue weighted by atomic mass is 9.96. The van der Waals surface area contributed by atoms with Gasteiger partial charge in [0.15, 0.2) is 0 Å². The van der Waals surface area contributed by atoms with E-state index in [2.05, 4.69) is 0 Å². The van der Waals surface area contributed by atoms with E-state index in [4.69, 9.17) is 10.5 Å². The zero-order valence-electron chi connectivity index (χ0n) is 11.1. The number of methoxy groups -OCH3 is 1. The molecule has 0 amide bonds. The van der Waals surface area contributed by atoms with Gasteiger partial charge in [0.05, 0.1) is 7.11 Å². The van der Waals surface area contributed by atoms with Crippen LogP contribution in [0.1, 0.15) is 0 Å². The number of nitrogen functional groups attached to an aromatic ring is 1. The van der Waals surface area contributed by atoms with Crippen molar-refractivity contribution in [3.05, 3.63) is 60.4 Å². The van der Waals surface area contributed by atoms with Crippen LogP contribution in [-0.4, -0.2) is 7.11 Å². The highest BCUT2D eigenvalue weighted by molar-refractivity contribution is 6.03. The van der Waals surface area contributed by atoms with Crippen molar-refractivity contribution < 1.29 is 9.13 Å². The summed E-state index contributed by atoms with van der Waals surface area (Å²) in [6, 6.07) is 16.2. The molecular formula is C17H14FNO. The normalized spacial score (nSPS) is 10.7. The zero-order valence-corrected chi connectivity index (χ0v) is 11.1. The molecule has 0 radical (unpaired) electrons. The average molecular weight is 267 g/mol. The predicted molar refractivity (Wildman–Crippen MR) is 80.3 cm³/mol. The van der Waals surface area contributed by atoms with Crippen LogP contribution in [0.4, 0.5) is 10.1 Å². The molecule has 2 nitrogen and oxygen atoms in total. The van der Waals surface area contributed by atoms with Gasteiger partial charge in [-0.3, -0.25) is 0 Å². The maximum absolute atomic E-state index is 13.3. The van der Waals surface area contributed by atoms with Crippen LogP contribution in [-0.2, 0) is 0 Å². The van der Waals surface area contributed by atoms with Gasteiger partial charge < -0.3 is 10.5 Å². The van der Waals surface area contributed by atoms with Crippen molar-refractivity contribution >= 4 is 16.5 Å². The van der Waals surface area contributed by atoms with Gasteiger partial charge in [0, 0.05) is 22.7 Å². The van der Waals surface area contributed by atoms with Crippen molar-refractivity contribution in [1.82, 2.24) is 0 Å². The molecule has 0 spiro atoms. The summed E-state index contributed by atoms with van der Waals surface area (Å²) in [5.74, 6) is 0.199. The molecule has 0 aliphatic carbocycles. The van der Waals surface area contributed by atoms with E-state index in [0.717, 1.165) is 27.6 Å². The fourth-order valence-electron chi connectivity index (χ4n) is 2.44. The molecule has 20 heavy (non-hydrogen) atoms. The Hall–Kier alpha value is -2.55. The first-order chi connectivity index (χ1) is 9.70. The Morgan fingerprint density at radius 1 is 0.900 bits per heavy atom. The van der Waals surface area contributed by atoms with E-state index in [9.17, 15) is 4.39 Å². The summed E-state index contributed by atoms with van der Waals surface area (Å²) in [7, 11) is 1.54. The van der Waals surface area contributed by atoms with Gasteiger partial charge >= 0.3 is 0 Å². The topological polar surface area (TPSA) is 35.2 Å². The molecule has 0 fully saturated rings. The molecule has 2 N–H and O–H groups in total. The quantitative estimate of drug-likeness (QED) is 0.705. The monoisotopic (exact) mass is 267 g/mol. The molecule has 0 aromatic heterocycles. The van der Waals surface area contributed by atoms with Gasteiger partial charge in [0.1, 0.15) is 11.6 Å². The van der Waals surface area contributed by atoms with E-state index < -0.39 is 0 Å². The number of benzene rings is 3. The molecule has 0 heterocycles. The van der Waals surface area contributed by atoms with Crippen LogP contribution in [0.5, 0.6) is 5.75 Å². The fraction of sp³-hybridized carbons (Fsp3) is 0.0588. The number of rotatable bonds is 2. The number of hydrogen-bond donors (Lipinski definition) is 1. The third-order valence-electron chi connectivity index (χ3n) is 3.41. The van der Waals surface area contributed by atoms with Gasteiger partial charge in [-0.2, -0.15) is 0 Å². The van der Waals surface area contributed by atoms with Crippen molar-refractivity contribution in [1.29, 1.82) is 0 Å². The van der Waals surface area contributed by atoms with E-state index in [1.807, 2.05) is 36.4 Å². The molecule has 100 valence electrons. The highest BCUT2D eigenvalue weighted by Crippen LogP contribution is 2.37. The first kappa shape index (κ1) is 12.5. The van der Waals surface area contributed by atoms with Crippen molar-refractivity contribution in [2.75, 3.05) is 12.8 Å². The van der Waals surface area contributed by atoms with Gasteiger partial charge in [0.25, 0.3) is 0 Å². The largest absolute Gasteiger partial charge is 0.496 e. The Labute approximate surface area is 116 Å². The van der Waals surface area contributed by atoms with E-state index >= 15 is 0 Å². The number of halogens is 1. The summed E-state index contributed by atoms with van der Waals surface area (Å²) >= 11 is 0. The number of ether oxygens (including phenoxy) is 1. The molecule has 0 bridgehead atoms. The van der Waals surface area contributed by atoms with Crippen molar-refractivity contribution in [3.63, 3.8) is 0 Å². The van der Waals surface area contributed by atoms with Gasteiger partial charge in [-0.25, -0.2) is 4.39 Å². The summed E-state index contributed by atoms with van der Waals surface area (Å²) in [5.41, 5.74) is 8.56. The standard InChI is InChI=1S/C17H14FNO/c1-20-17-10-11(18)6-7-15(17)13-8-9-16(19)14-5-3-2-4-12(13)14/h2-10H,19H2,1H3. The van der Waals surface area contributed by atoms with Crippen LogP contribution in [0.3, 0.4) is 0 Å². The van der Waals surface area contributed by atoms with E-state index in [1.54, 1.807) is 6.07 Å². The van der Waals surface area contributed by atoms with E-state index in [1.165, 1.54) is 19.2 Å². The lowest BCUT2D eigenvalue weighted by molar-refractivity contribution is 0.413. The summed E-state index contributed by atoms with van der Waals surface area (Å²) in [6.07, 6.45) is 0. The van der Waals surface area contributed by atoms with Gasteiger partial charge in [-0.05, 0) is 29.1 Å². The average Bonchev–Trinajstić information content (AvgIpc) is 2.48. The third-order valence-corrected chi connectivity index (χ3v) is 3.41. The summed E-state index contributed by atoms with van der Waals surface area (Å²) in [5, 5.41) is 2.01. The Balaban J connectivity index is 2.33. The Bertz CT molecular complexity index is 783. The highest BCUT2D eigenvalue weighted by Gasteiger charge is 2.11. The summed E-state index contributed by atoms with van der Waals surface area (Å²) in [4.78, 5) is 0. The number of anilines is 1. The van der Waals surface area contributed by atoms with Crippen LogP contribution in [0.25, 0.3) is 21.9 Å². The minimum absolute atomic E-state index is 0.314. The van der Waals surface area contributed by atoms with Crippen LogP contribution in [0, 0.1) is 5.82 Å². The lowest BCUT2D eigenvalue weighted by Crippen LogP contribution is -1.92.